The van der Waals surface area contributed by atoms with Gasteiger partial charge in [0.15, 0.2) is 5.82 Å². The first-order valence-electron chi connectivity index (χ1n) is 6.59. The SMILES string of the molecule is CCC(C)C(C)(O)CNC(=O)Nc1c(F)cc(F)cc1Cl. The van der Waals surface area contributed by atoms with Gasteiger partial charge in [-0.15, -0.1) is 0 Å². The Morgan fingerprint density at radius 2 is 2.10 bits per heavy atom. The third-order valence-electron chi connectivity index (χ3n) is 3.53. The van der Waals surface area contributed by atoms with Gasteiger partial charge in [0.1, 0.15) is 5.82 Å². The minimum atomic E-state index is -1.09. The lowest BCUT2D eigenvalue weighted by atomic mass is 9.89. The molecule has 1 aromatic rings. The fourth-order valence-corrected chi connectivity index (χ4v) is 1.93. The lowest BCUT2D eigenvalue weighted by molar-refractivity contribution is 0.00827. The number of urea groups is 1. The molecule has 0 aliphatic carbocycles. The average Bonchev–Trinajstić information content (AvgIpc) is 2.39. The summed E-state index contributed by atoms with van der Waals surface area (Å²) in [7, 11) is 0. The van der Waals surface area contributed by atoms with Crippen molar-refractivity contribution in [3.8, 4) is 0 Å². The van der Waals surface area contributed by atoms with E-state index in [9.17, 15) is 18.7 Å². The molecule has 3 N–H and O–H groups in total. The molecule has 0 saturated heterocycles. The molecule has 118 valence electrons. The van der Waals surface area contributed by atoms with Crippen molar-refractivity contribution in [3.63, 3.8) is 0 Å². The average molecular weight is 321 g/mol. The van der Waals surface area contributed by atoms with Crippen molar-refractivity contribution < 1.29 is 18.7 Å². The van der Waals surface area contributed by atoms with Crippen LogP contribution in [0.5, 0.6) is 0 Å². The van der Waals surface area contributed by atoms with E-state index in [0.717, 1.165) is 12.5 Å². The molecule has 0 spiro atoms. The Balaban J connectivity index is 2.67. The Labute approximate surface area is 127 Å². The van der Waals surface area contributed by atoms with Gasteiger partial charge in [-0.1, -0.05) is 31.9 Å². The third kappa shape index (κ3) is 4.82. The molecule has 2 amide bonds. The molecule has 1 rings (SSSR count). The predicted octanol–water partition coefficient (Wildman–Crippen LogP) is 3.54. The van der Waals surface area contributed by atoms with Gasteiger partial charge < -0.3 is 15.7 Å². The zero-order chi connectivity index (χ0) is 16.2. The van der Waals surface area contributed by atoms with Crippen LogP contribution in [0, 0.1) is 17.6 Å². The molecule has 0 aromatic heterocycles. The Hall–Kier alpha value is -1.40. The van der Waals surface area contributed by atoms with Gasteiger partial charge in [-0.2, -0.15) is 0 Å². The van der Waals surface area contributed by atoms with Crippen LogP contribution in [0.4, 0.5) is 19.3 Å². The van der Waals surface area contributed by atoms with Crippen LogP contribution in [-0.4, -0.2) is 23.3 Å². The number of amides is 2. The molecule has 0 saturated carbocycles. The second kappa shape index (κ2) is 7.04. The molecule has 0 aliphatic heterocycles. The highest BCUT2D eigenvalue weighted by Gasteiger charge is 2.27. The summed E-state index contributed by atoms with van der Waals surface area (Å²) in [5.74, 6) is -1.82. The zero-order valence-corrected chi connectivity index (χ0v) is 12.9. The largest absolute Gasteiger partial charge is 0.388 e. The number of carbonyl (C=O) groups excluding carboxylic acids is 1. The number of rotatable bonds is 5. The molecule has 2 atom stereocenters. The summed E-state index contributed by atoms with van der Waals surface area (Å²) in [5.41, 5.74) is -1.39. The molecule has 0 aliphatic rings. The van der Waals surface area contributed by atoms with Crippen LogP contribution in [-0.2, 0) is 0 Å². The fourth-order valence-electron chi connectivity index (χ4n) is 1.69. The van der Waals surface area contributed by atoms with Crippen molar-refractivity contribution in [1.29, 1.82) is 0 Å². The Kier molecular flexibility index (Phi) is 5.92. The number of anilines is 1. The van der Waals surface area contributed by atoms with E-state index >= 15 is 0 Å². The highest BCUT2D eigenvalue weighted by atomic mass is 35.5. The summed E-state index contributed by atoms with van der Waals surface area (Å²) in [4.78, 5) is 11.7. The van der Waals surface area contributed by atoms with Crippen molar-refractivity contribution >= 4 is 23.3 Å². The second-order valence-electron chi connectivity index (χ2n) is 5.22. The second-order valence-corrected chi connectivity index (χ2v) is 5.63. The van der Waals surface area contributed by atoms with Gasteiger partial charge in [0.25, 0.3) is 0 Å². The van der Waals surface area contributed by atoms with E-state index in [0.29, 0.717) is 6.07 Å². The molecular weight excluding hydrogens is 302 g/mol. The minimum absolute atomic E-state index is 0.00568. The van der Waals surface area contributed by atoms with Crippen LogP contribution in [0.2, 0.25) is 5.02 Å². The summed E-state index contributed by atoms with van der Waals surface area (Å²) in [5, 5.41) is 14.5. The number of halogens is 3. The molecule has 0 bridgehead atoms. The summed E-state index contributed by atoms with van der Waals surface area (Å²) >= 11 is 5.67. The van der Waals surface area contributed by atoms with Crippen molar-refractivity contribution in [2.24, 2.45) is 5.92 Å². The minimum Gasteiger partial charge on any atom is -0.388 e. The van der Waals surface area contributed by atoms with Crippen LogP contribution in [0.1, 0.15) is 27.2 Å². The van der Waals surface area contributed by atoms with E-state index in [4.69, 9.17) is 11.6 Å². The number of hydrogen-bond donors (Lipinski definition) is 3. The van der Waals surface area contributed by atoms with Crippen molar-refractivity contribution in [2.45, 2.75) is 32.8 Å². The maximum atomic E-state index is 13.5. The lowest BCUT2D eigenvalue weighted by Crippen LogP contribution is -2.46. The summed E-state index contributed by atoms with van der Waals surface area (Å²) in [6.07, 6.45) is 0.745. The van der Waals surface area contributed by atoms with Crippen molar-refractivity contribution in [1.82, 2.24) is 5.32 Å². The Morgan fingerprint density at radius 1 is 1.48 bits per heavy atom. The molecule has 2 unspecified atom stereocenters. The highest BCUT2D eigenvalue weighted by molar-refractivity contribution is 6.33. The normalized spacial score (nSPS) is 15.2. The lowest BCUT2D eigenvalue weighted by Gasteiger charge is -2.29. The Morgan fingerprint density at radius 3 is 2.62 bits per heavy atom. The molecule has 0 heterocycles. The first-order chi connectivity index (χ1) is 9.67. The van der Waals surface area contributed by atoms with E-state index in [-0.39, 0.29) is 23.2 Å². The van der Waals surface area contributed by atoms with E-state index in [1.54, 1.807) is 6.92 Å². The monoisotopic (exact) mass is 320 g/mol. The maximum absolute atomic E-state index is 13.5. The first kappa shape index (κ1) is 17.7. The summed E-state index contributed by atoms with van der Waals surface area (Å²) in [6, 6.07) is 0.790. The van der Waals surface area contributed by atoms with Gasteiger partial charge in [0.2, 0.25) is 0 Å². The first-order valence-corrected chi connectivity index (χ1v) is 6.97. The van der Waals surface area contributed by atoms with Crippen molar-refractivity contribution in [2.75, 3.05) is 11.9 Å². The van der Waals surface area contributed by atoms with Crippen LogP contribution in [0.15, 0.2) is 12.1 Å². The third-order valence-corrected chi connectivity index (χ3v) is 3.82. The summed E-state index contributed by atoms with van der Waals surface area (Å²) < 4.78 is 26.4. The Bertz CT molecular complexity index is 501. The molecule has 21 heavy (non-hydrogen) atoms. The van der Waals surface area contributed by atoms with Crippen LogP contribution < -0.4 is 10.6 Å². The maximum Gasteiger partial charge on any atom is 0.319 e. The van der Waals surface area contributed by atoms with Gasteiger partial charge in [0.05, 0.1) is 16.3 Å². The number of nitrogens with one attached hydrogen (secondary N) is 2. The molecule has 7 heteroatoms. The van der Waals surface area contributed by atoms with E-state index in [1.807, 2.05) is 13.8 Å². The number of benzene rings is 1. The molecule has 4 nitrogen and oxygen atoms in total. The van der Waals surface area contributed by atoms with E-state index in [1.165, 1.54) is 0 Å². The summed E-state index contributed by atoms with van der Waals surface area (Å²) in [6.45, 7) is 5.38. The predicted molar refractivity (Wildman–Crippen MR) is 78.5 cm³/mol. The standard InChI is InChI=1S/C14H19ClF2N2O2/c1-4-8(2)14(3,21)7-18-13(20)19-12-10(15)5-9(16)6-11(12)17/h5-6,8,21H,4,7H2,1-3H3,(H2,18,19,20). The topological polar surface area (TPSA) is 61.4 Å². The van der Waals surface area contributed by atoms with Crippen LogP contribution >= 0.6 is 11.6 Å². The molecular formula is C14H19ClF2N2O2. The van der Waals surface area contributed by atoms with Gasteiger partial charge >= 0.3 is 6.03 Å². The smallest absolute Gasteiger partial charge is 0.319 e. The van der Waals surface area contributed by atoms with E-state index < -0.39 is 23.3 Å². The zero-order valence-electron chi connectivity index (χ0n) is 12.1. The van der Waals surface area contributed by atoms with Crippen LogP contribution in [0.3, 0.4) is 0 Å². The number of carbonyl (C=O) groups is 1. The highest BCUT2D eigenvalue weighted by Crippen LogP contribution is 2.26. The van der Waals surface area contributed by atoms with Gasteiger partial charge in [-0.3, -0.25) is 0 Å². The van der Waals surface area contributed by atoms with E-state index in [2.05, 4.69) is 10.6 Å². The van der Waals surface area contributed by atoms with Crippen LogP contribution in [0.25, 0.3) is 0 Å². The van der Waals surface area contributed by atoms with Gasteiger partial charge in [-0.25, -0.2) is 13.6 Å². The quantitative estimate of drug-likeness (QED) is 0.777. The molecule has 0 fully saturated rings. The van der Waals surface area contributed by atoms with Gasteiger partial charge in [-0.05, 0) is 18.9 Å². The number of hydrogen-bond acceptors (Lipinski definition) is 2. The fraction of sp³-hybridized carbons (Fsp3) is 0.500. The molecule has 0 radical (unpaired) electrons. The molecule has 1 aromatic carbocycles. The van der Waals surface area contributed by atoms with Crippen molar-refractivity contribution in [3.05, 3.63) is 28.8 Å². The van der Waals surface area contributed by atoms with Gasteiger partial charge in [0, 0.05) is 12.6 Å². The number of aliphatic hydroxyl groups is 1.